The van der Waals surface area contributed by atoms with E-state index in [1.807, 2.05) is 6.92 Å². The molecule has 94 valence electrons. The zero-order valence-electron chi connectivity index (χ0n) is 11.1. The third-order valence-electron chi connectivity index (χ3n) is 3.11. The molecule has 1 saturated heterocycles. The molecular weight excluding hydrogens is 200 g/mol. The van der Waals surface area contributed by atoms with Crippen LogP contribution in [-0.4, -0.2) is 59.8 Å². The monoisotopic (exact) mass is 226 g/mol. The molecule has 1 rings (SSSR count). The first-order chi connectivity index (χ1) is 7.49. The first-order valence-electron chi connectivity index (χ1n) is 6.27. The van der Waals surface area contributed by atoms with Crippen LogP contribution < -0.4 is 0 Å². The van der Waals surface area contributed by atoms with Gasteiger partial charge in [0.25, 0.3) is 0 Å². The minimum Gasteiger partial charge on any atom is -0.392 e. The molecule has 1 N–H and O–H groups in total. The normalized spacial score (nSPS) is 25.4. The van der Waals surface area contributed by atoms with E-state index in [0.29, 0.717) is 6.04 Å². The van der Waals surface area contributed by atoms with Gasteiger partial charge in [-0.05, 0) is 27.7 Å². The fourth-order valence-electron chi connectivity index (χ4n) is 2.16. The van der Waals surface area contributed by atoms with Crippen LogP contribution in [0.2, 0.25) is 0 Å². The maximum absolute atomic E-state index is 9.40. The van der Waals surface area contributed by atoms with E-state index in [1.165, 1.54) is 5.57 Å². The molecule has 1 heterocycles. The van der Waals surface area contributed by atoms with Crippen LogP contribution in [0.3, 0.4) is 0 Å². The molecule has 0 bridgehead atoms. The Morgan fingerprint density at radius 2 is 2.12 bits per heavy atom. The topological polar surface area (TPSA) is 26.7 Å². The lowest BCUT2D eigenvalue weighted by Crippen LogP contribution is -2.53. The molecule has 3 heteroatoms. The van der Waals surface area contributed by atoms with E-state index in [0.717, 1.165) is 32.7 Å². The molecule has 0 amide bonds. The molecule has 0 aromatic carbocycles. The van der Waals surface area contributed by atoms with Crippen LogP contribution in [0.1, 0.15) is 27.7 Å². The number of piperazine rings is 1. The molecule has 1 fully saturated rings. The Kier molecular flexibility index (Phi) is 5.46. The van der Waals surface area contributed by atoms with E-state index < -0.39 is 0 Å². The Labute approximate surface area is 99.7 Å². The van der Waals surface area contributed by atoms with E-state index >= 15 is 0 Å². The summed E-state index contributed by atoms with van der Waals surface area (Å²) in [5.41, 5.74) is 1.39. The van der Waals surface area contributed by atoms with Crippen molar-refractivity contribution in [3.63, 3.8) is 0 Å². The van der Waals surface area contributed by atoms with Gasteiger partial charge < -0.3 is 5.11 Å². The summed E-state index contributed by atoms with van der Waals surface area (Å²) >= 11 is 0. The molecule has 2 atom stereocenters. The first kappa shape index (κ1) is 13.7. The summed E-state index contributed by atoms with van der Waals surface area (Å²) in [7, 11) is 0. The molecule has 1 aliphatic heterocycles. The smallest absolute Gasteiger partial charge is 0.0639 e. The Morgan fingerprint density at radius 3 is 2.62 bits per heavy atom. The van der Waals surface area contributed by atoms with Crippen molar-refractivity contribution in [3.8, 4) is 0 Å². The quantitative estimate of drug-likeness (QED) is 0.733. The van der Waals surface area contributed by atoms with Crippen LogP contribution in [0.5, 0.6) is 0 Å². The van der Waals surface area contributed by atoms with E-state index in [9.17, 15) is 5.11 Å². The Bertz CT molecular complexity index is 234. The summed E-state index contributed by atoms with van der Waals surface area (Å²) in [6, 6.07) is 0.550. The predicted octanol–water partition coefficient (Wildman–Crippen LogP) is 1.34. The number of allylic oxidation sites excluding steroid dienone is 1. The third kappa shape index (κ3) is 4.64. The Balaban J connectivity index is 2.36. The van der Waals surface area contributed by atoms with Crippen LogP contribution >= 0.6 is 0 Å². The lowest BCUT2D eigenvalue weighted by atomic mass is 10.1. The van der Waals surface area contributed by atoms with Gasteiger partial charge in [-0.2, -0.15) is 0 Å². The minimum absolute atomic E-state index is 0.216. The van der Waals surface area contributed by atoms with E-state index in [4.69, 9.17) is 0 Å². The van der Waals surface area contributed by atoms with Gasteiger partial charge in [-0.1, -0.05) is 11.6 Å². The van der Waals surface area contributed by atoms with Gasteiger partial charge in [0.05, 0.1) is 6.10 Å². The summed E-state index contributed by atoms with van der Waals surface area (Å²) in [6.45, 7) is 13.6. The second-order valence-electron chi connectivity index (χ2n) is 5.23. The van der Waals surface area contributed by atoms with Crippen molar-refractivity contribution in [3.05, 3.63) is 11.6 Å². The molecule has 0 radical (unpaired) electrons. The summed E-state index contributed by atoms with van der Waals surface area (Å²) in [6.07, 6.45) is 2.07. The van der Waals surface area contributed by atoms with Gasteiger partial charge in [0.1, 0.15) is 0 Å². The highest BCUT2D eigenvalue weighted by atomic mass is 16.3. The molecule has 0 unspecified atom stereocenters. The molecule has 0 aromatic heterocycles. The summed E-state index contributed by atoms with van der Waals surface area (Å²) < 4.78 is 0. The maximum Gasteiger partial charge on any atom is 0.0639 e. The first-order valence-corrected chi connectivity index (χ1v) is 6.27. The Hall–Kier alpha value is -0.380. The van der Waals surface area contributed by atoms with Crippen molar-refractivity contribution in [1.82, 2.24) is 9.80 Å². The molecule has 16 heavy (non-hydrogen) atoms. The fraction of sp³-hybridized carbons (Fsp3) is 0.846. The van der Waals surface area contributed by atoms with E-state index in [2.05, 4.69) is 36.6 Å². The molecule has 0 aromatic rings. The molecule has 0 saturated carbocycles. The van der Waals surface area contributed by atoms with Gasteiger partial charge in [0.2, 0.25) is 0 Å². The molecule has 0 aliphatic carbocycles. The van der Waals surface area contributed by atoms with Crippen LogP contribution in [0.15, 0.2) is 11.6 Å². The van der Waals surface area contributed by atoms with Crippen LogP contribution in [0.4, 0.5) is 0 Å². The summed E-state index contributed by atoms with van der Waals surface area (Å²) in [5.74, 6) is 0. The number of hydrogen-bond donors (Lipinski definition) is 1. The second-order valence-corrected chi connectivity index (χ2v) is 5.23. The van der Waals surface area contributed by atoms with E-state index in [1.54, 1.807) is 0 Å². The third-order valence-corrected chi connectivity index (χ3v) is 3.11. The lowest BCUT2D eigenvalue weighted by molar-refractivity contribution is 0.0494. The van der Waals surface area contributed by atoms with Crippen molar-refractivity contribution in [2.24, 2.45) is 0 Å². The number of rotatable bonds is 4. The number of aliphatic hydroxyl groups excluding tert-OH is 1. The van der Waals surface area contributed by atoms with Gasteiger partial charge in [0, 0.05) is 38.8 Å². The zero-order chi connectivity index (χ0) is 12.1. The molecule has 1 aliphatic rings. The highest BCUT2D eigenvalue weighted by Crippen LogP contribution is 2.10. The van der Waals surface area contributed by atoms with Crippen molar-refractivity contribution < 1.29 is 5.11 Å². The fourth-order valence-corrected chi connectivity index (χ4v) is 2.16. The zero-order valence-corrected chi connectivity index (χ0v) is 11.1. The maximum atomic E-state index is 9.40. The number of hydrogen-bond acceptors (Lipinski definition) is 3. The highest BCUT2D eigenvalue weighted by molar-refractivity contribution is 4.96. The average molecular weight is 226 g/mol. The SMILES string of the molecule is CC(C)=CCN1CCN(C[C@H](C)O)[C@H](C)C1. The number of nitrogens with zero attached hydrogens (tertiary/aromatic N) is 2. The summed E-state index contributed by atoms with van der Waals surface area (Å²) in [5, 5.41) is 9.40. The largest absolute Gasteiger partial charge is 0.392 e. The van der Waals surface area contributed by atoms with Gasteiger partial charge in [-0.25, -0.2) is 0 Å². The highest BCUT2D eigenvalue weighted by Gasteiger charge is 2.23. The second kappa shape index (κ2) is 6.38. The number of β-amino-alcohol motifs (C(OH)–C–C–N with tert-alkyl or cyclic N) is 1. The molecule has 0 spiro atoms. The predicted molar refractivity (Wildman–Crippen MR) is 68.6 cm³/mol. The standard InChI is InChI=1S/C13H26N2O/c1-11(2)5-6-14-7-8-15(10-13(4)16)12(3)9-14/h5,12-13,16H,6-10H2,1-4H3/t12-,13+/m1/s1. The van der Waals surface area contributed by atoms with Crippen molar-refractivity contribution in [2.75, 3.05) is 32.7 Å². The van der Waals surface area contributed by atoms with E-state index in [-0.39, 0.29) is 6.10 Å². The van der Waals surface area contributed by atoms with Gasteiger partial charge >= 0.3 is 0 Å². The lowest BCUT2D eigenvalue weighted by Gasteiger charge is -2.40. The minimum atomic E-state index is -0.216. The van der Waals surface area contributed by atoms with Crippen molar-refractivity contribution >= 4 is 0 Å². The summed E-state index contributed by atoms with van der Waals surface area (Å²) in [4.78, 5) is 4.86. The van der Waals surface area contributed by atoms with Gasteiger partial charge in [-0.3, -0.25) is 9.80 Å². The van der Waals surface area contributed by atoms with Crippen LogP contribution in [0.25, 0.3) is 0 Å². The molecule has 3 nitrogen and oxygen atoms in total. The van der Waals surface area contributed by atoms with Gasteiger partial charge in [-0.15, -0.1) is 0 Å². The van der Waals surface area contributed by atoms with Crippen LogP contribution in [-0.2, 0) is 0 Å². The number of aliphatic hydroxyl groups is 1. The average Bonchev–Trinajstić information content (AvgIpc) is 2.18. The van der Waals surface area contributed by atoms with Crippen LogP contribution in [0, 0.1) is 0 Å². The van der Waals surface area contributed by atoms with Gasteiger partial charge in [0.15, 0.2) is 0 Å². The van der Waals surface area contributed by atoms with Crippen molar-refractivity contribution in [2.45, 2.75) is 39.8 Å². The van der Waals surface area contributed by atoms with Crippen molar-refractivity contribution in [1.29, 1.82) is 0 Å². The molecular formula is C13H26N2O. The Morgan fingerprint density at radius 1 is 1.44 bits per heavy atom.